The number of carbonyl (C=O) groups excluding carboxylic acids is 3. The lowest BCUT2D eigenvalue weighted by Crippen LogP contribution is -2.81. The van der Waals surface area contributed by atoms with Gasteiger partial charge in [-0.05, 0) is 29.7 Å². The second kappa shape index (κ2) is 9.03. The van der Waals surface area contributed by atoms with Crippen molar-refractivity contribution in [1.29, 1.82) is 10.8 Å². The highest BCUT2D eigenvalue weighted by molar-refractivity contribution is 6.02. The van der Waals surface area contributed by atoms with Gasteiger partial charge in [0.25, 0.3) is 5.91 Å². The third-order valence-corrected chi connectivity index (χ3v) is 8.40. The fraction of sp³-hybridized carbons (Fsp3) is 0.370. The van der Waals surface area contributed by atoms with E-state index in [1.807, 2.05) is 43.3 Å². The number of benzene rings is 2. The van der Waals surface area contributed by atoms with E-state index in [-0.39, 0.29) is 49.7 Å². The maximum atomic E-state index is 13.5. The first-order valence-corrected chi connectivity index (χ1v) is 13.0. The molecule has 0 saturated carbocycles. The van der Waals surface area contributed by atoms with E-state index in [0.29, 0.717) is 5.56 Å². The predicted octanol–water partition coefficient (Wildman–Crippen LogP) is -0.995. The minimum atomic E-state index is -2.67. The Morgan fingerprint density at radius 2 is 1.75 bits per heavy atom. The summed E-state index contributed by atoms with van der Waals surface area (Å²) >= 11 is 0. The molecule has 4 fully saturated rings. The lowest BCUT2D eigenvalue weighted by Gasteiger charge is -2.51. The van der Waals surface area contributed by atoms with Gasteiger partial charge in [0.15, 0.2) is 17.6 Å². The molecule has 40 heavy (non-hydrogen) atoms. The van der Waals surface area contributed by atoms with Gasteiger partial charge in [0.1, 0.15) is 6.04 Å². The second-order valence-electron chi connectivity index (χ2n) is 10.6. The molecule has 0 radical (unpaired) electrons. The van der Waals surface area contributed by atoms with Crippen molar-refractivity contribution >= 4 is 29.6 Å². The number of hydrogen-bond donors (Lipinski definition) is 8. The third-order valence-electron chi connectivity index (χ3n) is 8.40. The molecule has 4 saturated heterocycles. The van der Waals surface area contributed by atoms with E-state index >= 15 is 0 Å². The van der Waals surface area contributed by atoms with E-state index in [1.165, 1.54) is 4.90 Å². The van der Waals surface area contributed by atoms with Gasteiger partial charge < -0.3 is 36.4 Å². The quantitative estimate of drug-likeness (QED) is 0.172. The molecule has 4 atom stereocenters. The molecule has 0 aromatic heterocycles. The summed E-state index contributed by atoms with van der Waals surface area (Å²) in [5.74, 6) is -4.30. The Bertz CT molecular complexity index is 1430. The Balaban J connectivity index is 1.30. The first kappa shape index (κ1) is 25.8. The monoisotopic (exact) mass is 546 g/mol. The zero-order chi connectivity index (χ0) is 28.4. The number of nitrogens with one attached hydrogen (secondary N) is 6. The number of aliphatic hydroxyl groups is 2. The molecule has 4 heterocycles. The highest BCUT2D eigenvalue weighted by Gasteiger charge is 2.74. The molecule has 6 rings (SSSR count). The number of rotatable bonds is 5. The maximum absolute atomic E-state index is 13.5. The normalized spacial score (nSPS) is 28.5. The number of hydrogen-bond acceptors (Lipinski definition) is 7. The minimum absolute atomic E-state index is 0.0926. The van der Waals surface area contributed by atoms with Crippen molar-refractivity contribution in [3.63, 3.8) is 0 Å². The van der Waals surface area contributed by atoms with Gasteiger partial charge in [-0.1, -0.05) is 42.5 Å². The van der Waals surface area contributed by atoms with Crippen molar-refractivity contribution in [1.82, 2.24) is 31.1 Å². The highest BCUT2D eigenvalue weighted by atomic mass is 16.5. The molecular weight excluding hydrogens is 516 g/mol. The summed E-state index contributed by atoms with van der Waals surface area (Å²) < 4.78 is 0. The van der Waals surface area contributed by atoms with Crippen molar-refractivity contribution in [2.75, 3.05) is 13.1 Å². The first-order valence-electron chi connectivity index (χ1n) is 13.0. The van der Waals surface area contributed by atoms with Gasteiger partial charge in [-0.15, -0.1) is 0 Å². The zero-order valence-corrected chi connectivity index (χ0v) is 21.7. The van der Waals surface area contributed by atoms with Crippen LogP contribution in [0.4, 0.5) is 0 Å². The Morgan fingerprint density at radius 3 is 2.45 bits per heavy atom. The standard InChI is InChI=1S/C27H30N8O5/c1-14-16(15-6-3-2-4-7-15)8-5-9-17(14)23(38)31-19-13-35-25(29)30-18(12-34-20(36)10-11-21(34)37)22-26(35,27(19,39)40)33-24(28)32-22/h2-9,18-19,22,39-40H,10-13H2,1H3,(H2,29,30)(H,31,38)(H3,28,32,33)/t18-,19?,22-,26?/m0/s1. The van der Waals surface area contributed by atoms with Crippen molar-refractivity contribution in [2.24, 2.45) is 0 Å². The molecule has 4 aliphatic rings. The number of nitrogens with zero attached hydrogens (tertiary/aromatic N) is 2. The van der Waals surface area contributed by atoms with Crippen LogP contribution < -0.4 is 21.3 Å². The van der Waals surface area contributed by atoms with Crippen LogP contribution in [0.15, 0.2) is 48.5 Å². The van der Waals surface area contributed by atoms with Gasteiger partial charge in [-0.25, -0.2) is 0 Å². The first-order chi connectivity index (χ1) is 19.0. The largest absolute Gasteiger partial charge is 0.361 e. The average Bonchev–Trinajstić information content (AvgIpc) is 3.52. The van der Waals surface area contributed by atoms with Gasteiger partial charge in [-0.2, -0.15) is 0 Å². The van der Waals surface area contributed by atoms with Crippen LogP contribution in [0.5, 0.6) is 0 Å². The number of amides is 3. The fourth-order valence-electron chi connectivity index (χ4n) is 6.40. The van der Waals surface area contributed by atoms with E-state index in [4.69, 9.17) is 10.8 Å². The van der Waals surface area contributed by atoms with Crippen LogP contribution in [0.2, 0.25) is 0 Å². The molecule has 13 heteroatoms. The molecule has 208 valence electrons. The van der Waals surface area contributed by atoms with Crippen LogP contribution in [-0.4, -0.2) is 92.3 Å². The fourth-order valence-corrected chi connectivity index (χ4v) is 6.40. The number of imide groups is 1. The second-order valence-corrected chi connectivity index (χ2v) is 10.6. The molecular formula is C27H30N8O5. The average molecular weight is 547 g/mol. The number of guanidine groups is 2. The van der Waals surface area contributed by atoms with Crippen LogP contribution in [0, 0.1) is 17.7 Å². The van der Waals surface area contributed by atoms with E-state index in [2.05, 4.69) is 21.3 Å². The number of likely N-dealkylation sites (tertiary alicyclic amines) is 1. The van der Waals surface area contributed by atoms with Crippen LogP contribution in [0.1, 0.15) is 28.8 Å². The summed E-state index contributed by atoms with van der Waals surface area (Å²) in [6, 6.07) is 11.9. The summed E-state index contributed by atoms with van der Waals surface area (Å²) in [7, 11) is 0. The van der Waals surface area contributed by atoms with Crippen molar-refractivity contribution in [3.8, 4) is 11.1 Å². The molecule has 0 bridgehead atoms. The summed E-state index contributed by atoms with van der Waals surface area (Å²) in [5, 5.41) is 51.6. The molecule has 3 amide bonds. The molecule has 1 spiro atoms. The van der Waals surface area contributed by atoms with Gasteiger partial charge >= 0.3 is 0 Å². The van der Waals surface area contributed by atoms with Gasteiger partial charge in [0.05, 0.1) is 18.6 Å². The molecule has 2 unspecified atom stereocenters. The van der Waals surface area contributed by atoms with Crippen molar-refractivity contribution in [2.45, 2.75) is 49.3 Å². The van der Waals surface area contributed by atoms with Gasteiger partial charge in [-0.3, -0.25) is 30.1 Å². The van der Waals surface area contributed by atoms with Crippen LogP contribution in [-0.2, 0) is 9.59 Å². The molecule has 0 aliphatic carbocycles. The van der Waals surface area contributed by atoms with E-state index in [9.17, 15) is 24.6 Å². The molecule has 4 aliphatic heterocycles. The summed E-state index contributed by atoms with van der Waals surface area (Å²) in [5.41, 5.74) is 1.05. The SMILES string of the molecule is Cc1c(C(=O)NC2CN3C(=N)N[C@@H](CN4C(=O)CCC4=O)[C@@H]4NC(=N)NC43C2(O)O)cccc1-c1ccccc1. The lowest BCUT2D eigenvalue weighted by atomic mass is 9.84. The van der Waals surface area contributed by atoms with E-state index in [1.54, 1.807) is 12.1 Å². The van der Waals surface area contributed by atoms with E-state index < -0.39 is 35.5 Å². The zero-order valence-electron chi connectivity index (χ0n) is 21.7. The molecule has 2 aromatic rings. The summed E-state index contributed by atoms with van der Waals surface area (Å²) in [4.78, 5) is 40.5. The molecule has 8 N–H and O–H groups in total. The third kappa shape index (κ3) is 3.65. The van der Waals surface area contributed by atoms with Gasteiger partial charge in [0.2, 0.25) is 17.6 Å². The van der Waals surface area contributed by atoms with Gasteiger partial charge in [0, 0.05) is 24.9 Å². The summed E-state index contributed by atoms with van der Waals surface area (Å²) in [6.07, 6.45) is 0.185. The Morgan fingerprint density at radius 1 is 1.05 bits per heavy atom. The minimum Gasteiger partial charge on any atom is -0.361 e. The van der Waals surface area contributed by atoms with Crippen molar-refractivity contribution < 1.29 is 24.6 Å². The van der Waals surface area contributed by atoms with Crippen LogP contribution >= 0.6 is 0 Å². The molecule has 2 aromatic carbocycles. The molecule has 13 nitrogen and oxygen atoms in total. The smallest absolute Gasteiger partial charge is 0.252 e. The summed E-state index contributed by atoms with van der Waals surface area (Å²) in [6.45, 7) is 1.54. The Labute approximate surface area is 229 Å². The Hall–Kier alpha value is -4.49. The number of carbonyl (C=O) groups is 3. The Kier molecular flexibility index (Phi) is 5.82. The van der Waals surface area contributed by atoms with Crippen LogP contribution in [0.3, 0.4) is 0 Å². The van der Waals surface area contributed by atoms with Crippen LogP contribution in [0.25, 0.3) is 11.1 Å². The predicted molar refractivity (Wildman–Crippen MR) is 143 cm³/mol. The highest BCUT2D eigenvalue weighted by Crippen LogP contribution is 2.43. The van der Waals surface area contributed by atoms with Crippen molar-refractivity contribution in [3.05, 3.63) is 59.7 Å². The lowest BCUT2D eigenvalue weighted by molar-refractivity contribution is -0.232. The maximum Gasteiger partial charge on any atom is 0.252 e. The topological polar surface area (TPSA) is 194 Å². The van der Waals surface area contributed by atoms with E-state index in [0.717, 1.165) is 21.6 Å².